The molecule has 0 N–H and O–H groups in total. The van der Waals surface area contributed by atoms with Crippen molar-refractivity contribution < 1.29 is 26.4 Å². The number of rotatable bonds is 6. The lowest BCUT2D eigenvalue weighted by Crippen LogP contribution is -2.50. The third-order valence-corrected chi connectivity index (χ3v) is 12.7. The molecule has 0 aromatic heterocycles. The van der Waals surface area contributed by atoms with Crippen LogP contribution in [0.1, 0.15) is 61.3 Å². The maximum Gasteiger partial charge on any atom is 0.253 e. The van der Waals surface area contributed by atoms with Crippen molar-refractivity contribution in [3.63, 3.8) is 0 Å². The van der Waals surface area contributed by atoms with Crippen LogP contribution in [0, 0.1) is 23.7 Å². The fourth-order valence-corrected chi connectivity index (χ4v) is 10.3. The van der Waals surface area contributed by atoms with Crippen molar-refractivity contribution in [2.75, 3.05) is 52.4 Å². The highest BCUT2D eigenvalue weighted by atomic mass is 32.2. The molecule has 0 spiro atoms. The smallest absolute Gasteiger partial charge is 0.253 e. The summed E-state index contributed by atoms with van der Waals surface area (Å²) in [6.07, 6.45) is 2.01. The van der Waals surface area contributed by atoms with Gasteiger partial charge in [0.05, 0.1) is 9.79 Å². The van der Waals surface area contributed by atoms with Gasteiger partial charge in [-0.25, -0.2) is 16.8 Å². The molecular formula is C32H44N4O6S2. The molecule has 2 amide bonds. The van der Waals surface area contributed by atoms with Crippen LogP contribution >= 0.6 is 0 Å². The zero-order chi connectivity index (χ0) is 31.8. The number of hydrogen-bond donors (Lipinski definition) is 0. The molecule has 0 unspecified atom stereocenters. The Balaban J connectivity index is 1.17. The van der Waals surface area contributed by atoms with E-state index in [-0.39, 0.29) is 21.6 Å². The lowest BCUT2D eigenvalue weighted by Gasteiger charge is -2.35. The number of piperidine rings is 2. The van der Waals surface area contributed by atoms with Gasteiger partial charge in [-0.1, -0.05) is 27.7 Å². The second kappa shape index (κ2) is 12.9. The Hall–Kier alpha value is -2.80. The van der Waals surface area contributed by atoms with Gasteiger partial charge in [-0.05, 0) is 85.0 Å². The molecule has 0 aliphatic carbocycles. The summed E-state index contributed by atoms with van der Waals surface area (Å²) in [6.45, 7) is 11.6. The van der Waals surface area contributed by atoms with Crippen LogP contribution in [0.25, 0.3) is 0 Å². The van der Waals surface area contributed by atoms with Gasteiger partial charge in [-0.2, -0.15) is 8.61 Å². The maximum absolute atomic E-state index is 13.2. The van der Waals surface area contributed by atoms with Crippen LogP contribution in [0.4, 0.5) is 0 Å². The minimum absolute atomic E-state index is 0.185. The van der Waals surface area contributed by atoms with Crippen molar-refractivity contribution in [3.8, 4) is 0 Å². The maximum atomic E-state index is 13.2. The zero-order valence-corrected chi connectivity index (χ0v) is 27.7. The molecule has 44 heavy (non-hydrogen) atoms. The van der Waals surface area contributed by atoms with Gasteiger partial charge in [0.25, 0.3) is 11.8 Å². The molecule has 0 bridgehead atoms. The minimum atomic E-state index is -3.63. The van der Waals surface area contributed by atoms with Gasteiger partial charge in [-0.3, -0.25) is 9.59 Å². The van der Waals surface area contributed by atoms with Crippen molar-refractivity contribution in [2.45, 2.75) is 50.3 Å². The van der Waals surface area contributed by atoms with E-state index in [1.807, 2.05) is 0 Å². The Kier molecular flexibility index (Phi) is 9.55. The van der Waals surface area contributed by atoms with Gasteiger partial charge >= 0.3 is 0 Å². The third-order valence-electron chi connectivity index (χ3n) is 9.00. The Labute approximate surface area is 262 Å². The topological polar surface area (TPSA) is 115 Å². The van der Waals surface area contributed by atoms with Crippen LogP contribution in [0.15, 0.2) is 58.3 Å². The summed E-state index contributed by atoms with van der Waals surface area (Å²) in [6, 6.07) is 12.2. The summed E-state index contributed by atoms with van der Waals surface area (Å²) in [7, 11) is -7.26. The first kappa shape index (κ1) is 32.6. The molecule has 2 aromatic rings. The quantitative estimate of drug-likeness (QED) is 0.475. The lowest BCUT2D eigenvalue weighted by atomic mass is 9.94. The molecule has 3 fully saturated rings. The molecule has 4 atom stereocenters. The first-order chi connectivity index (χ1) is 20.8. The van der Waals surface area contributed by atoms with Crippen LogP contribution in [-0.4, -0.2) is 99.4 Å². The number of benzene rings is 2. The first-order valence-electron chi connectivity index (χ1n) is 15.5. The number of hydrogen-bond acceptors (Lipinski definition) is 6. The Morgan fingerprint density at radius 1 is 0.523 bits per heavy atom. The van der Waals surface area contributed by atoms with E-state index in [0.29, 0.717) is 87.2 Å². The average Bonchev–Trinajstić information content (AvgIpc) is 2.99. The number of amides is 2. The summed E-state index contributed by atoms with van der Waals surface area (Å²) < 4.78 is 55.9. The predicted molar refractivity (Wildman–Crippen MR) is 168 cm³/mol. The van der Waals surface area contributed by atoms with E-state index < -0.39 is 20.0 Å². The van der Waals surface area contributed by atoms with E-state index in [2.05, 4.69) is 27.7 Å². The van der Waals surface area contributed by atoms with Gasteiger partial charge in [0.1, 0.15) is 0 Å². The van der Waals surface area contributed by atoms with Crippen LogP contribution in [0.2, 0.25) is 0 Å². The van der Waals surface area contributed by atoms with Crippen LogP contribution in [0.5, 0.6) is 0 Å². The second-order valence-electron chi connectivity index (χ2n) is 13.2. The van der Waals surface area contributed by atoms with E-state index in [9.17, 15) is 26.4 Å². The minimum Gasteiger partial charge on any atom is -0.335 e. The van der Waals surface area contributed by atoms with Gasteiger partial charge in [-0.15, -0.1) is 0 Å². The molecule has 2 aromatic carbocycles. The molecule has 5 rings (SSSR count). The molecular weight excluding hydrogens is 601 g/mol. The third kappa shape index (κ3) is 6.88. The number of carbonyl (C=O) groups is 2. The number of sulfonamides is 2. The van der Waals surface area contributed by atoms with Crippen LogP contribution in [0.3, 0.4) is 0 Å². The van der Waals surface area contributed by atoms with Crippen molar-refractivity contribution in [1.82, 2.24) is 18.4 Å². The van der Waals surface area contributed by atoms with Gasteiger partial charge in [0.2, 0.25) is 20.0 Å². The standard InChI is InChI=1S/C32H44N4O6S2/c1-23-17-24(2)20-35(19-23)43(39,40)29-9-5-27(6-10-29)31(37)33-13-15-34(16-14-33)32(38)28-7-11-30(12-8-28)44(41,42)36-21-25(3)18-26(4)22-36/h5-12,23-26H,13-22H2,1-4H3/t23-,24-,25-,26+/m0/s1. The van der Waals surface area contributed by atoms with Crippen molar-refractivity contribution >= 4 is 31.9 Å². The summed E-state index contributed by atoms with van der Waals surface area (Å²) in [4.78, 5) is 30.1. The highest BCUT2D eigenvalue weighted by Gasteiger charge is 2.33. The van der Waals surface area contributed by atoms with Crippen molar-refractivity contribution in [1.29, 1.82) is 0 Å². The summed E-state index contributed by atoms with van der Waals surface area (Å²) >= 11 is 0. The van der Waals surface area contributed by atoms with Crippen LogP contribution < -0.4 is 0 Å². The van der Waals surface area contributed by atoms with Gasteiger partial charge in [0.15, 0.2) is 0 Å². The summed E-state index contributed by atoms with van der Waals surface area (Å²) in [5.74, 6) is 0.774. The van der Waals surface area contributed by atoms with Crippen molar-refractivity contribution in [3.05, 3.63) is 59.7 Å². The largest absolute Gasteiger partial charge is 0.335 e. The Morgan fingerprint density at radius 2 is 0.795 bits per heavy atom. The molecule has 3 saturated heterocycles. The Morgan fingerprint density at radius 3 is 1.07 bits per heavy atom. The van der Waals surface area contributed by atoms with Crippen molar-refractivity contribution in [2.24, 2.45) is 23.7 Å². The first-order valence-corrected chi connectivity index (χ1v) is 18.4. The fraction of sp³-hybridized carbons (Fsp3) is 0.562. The van der Waals surface area contributed by atoms with E-state index in [4.69, 9.17) is 0 Å². The van der Waals surface area contributed by atoms with Crippen LogP contribution in [-0.2, 0) is 20.0 Å². The average molecular weight is 645 g/mol. The van der Waals surface area contributed by atoms with E-state index in [1.165, 1.54) is 24.3 Å². The SMILES string of the molecule is C[C@@H]1C[C@H](C)CN(S(=O)(=O)c2ccc(C(=O)N3CCN(C(=O)c4ccc(S(=O)(=O)N5C[C@@H](C)C[C@H](C)C5)cc4)CC3)cc2)C1. The van der Waals surface area contributed by atoms with E-state index >= 15 is 0 Å². The molecule has 12 heteroatoms. The Bertz CT molecular complexity index is 1430. The van der Waals surface area contributed by atoms with Gasteiger partial charge in [0, 0.05) is 63.5 Å². The second-order valence-corrected chi connectivity index (χ2v) is 17.0. The molecule has 0 radical (unpaired) electrons. The monoisotopic (exact) mass is 644 g/mol. The lowest BCUT2D eigenvalue weighted by molar-refractivity contribution is 0.0535. The number of piperazine rings is 1. The number of nitrogens with zero attached hydrogens (tertiary/aromatic N) is 4. The molecule has 3 aliphatic rings. The highest BCUT2D eigenvalue weighted by molar-refractivity contribution is 7.89. The predicted octanol–water partition coefficient (Wildman–Crippen LogP) is 3.62. The molecule has 10 nitrogen and oxygen atoms in total. The number of carbonyl (C=O) groups excluding carboxylic acids is 2. The molecule has 240 valence electrons. The van der Waals surface area contributed by atoms with Gasteiger partial charge < -0.3 is 9.80 Å². The van der Waals surface area contributed by atoms with E-state index in [1.54, 1.807) is 42.7 Å². The summed E-state index contributed by atoms with van der Waals surface area (Å²) in [5, 5.41) is 0. The molecule has 3 aliphatic heterocycles. The zero-order valence-electron chi connectivity index (χ0n) is 26.1. The fourth-order valence-electron chi connectivity index (χ4n) is 6.92. The molecule has 0 saturated carbocycles. The highest BCUT2D eigenvalue weighted by Crippen LogP contribution is 2.28. The van der Waals surface area contributed by atoms with E-state index in [0.717, 1.165) is 12.8 Å². The summed E-state index contributed by atoms with van der Waals surface area (Å²) in [5.41, 5.74) is 0.803. The molecule has 3 heterocycles. The normalized spacial score (nSPS) is 26.0.